The maximum atomic E-state index is 11.6. The fraction of sp³-hybridized carbons (Fsp3) is 0.615. The van der Waals surface area contributed by atoms with E-state index in [1.165, 1.54) is 0 Å². The van der Waals surface area contributed by atoms with E-state index < -0.39 is 6.10 Å². The van der Waals surface area contributed by atoms with Crippen molar-refractivity contribution in [3.63, 3.8) is 0 Å². The number of carbonyl (C=O) groups excluding carboxylic acids is 1. The molecule has 1 amide bonds. The molecule has 0 aliphatic carbocycles. The SMILES string of the molecule is CCC(C)(C)NC(=O)CNCC(O)c1ccsc1. The Kier molecular flexibility index (Phi) is 5.78. The summed E-state index contributed by atoms with van der Waals surface area (Å²) < 4.78 is 0. The number of carbonyl (C=O) groups is 1. The van der Waals surface area contributed by atoms with E-state index >= 15 is 0 Å². The van der Waals surface area contributed by atoms with Crippen LogP contribution in [0.4, 0.5) is 0 Å². The third-order valence-electron chi connectivity index (χ3n) is 2.91. The Morgan fingerprint density at radius 3 is 2.83 bits per heavy atom. The summed E-state index contributed by atoms with van der Waals surface area (Å²) >= 11 is 1.55. The standard InChI is InChI=1S/C13H22N2O2S/c1-4-13(2,3)15-12(17)8-14-7-11(16)10-5-6-18-9-10/h5-6,9,11,14,16H,4,7-8H2,1-3H3,(H,15,17). The van der Waals surface area contributed by atoms with Crippen molar-refractivity contribution in [3.8, 4) is 0 Å². The van der Waals surface area contributed by atoms with Crippen LogP contribution in [-0.2, 0) is 4.79 Å². The molecule has 1 unspecified atom stereocenters. The first-order valence-electron chi connectivity index (χ1n) is 6.16. The molecule has 0 aliphatic rings. The number of amides is 1. The molecule has 3 N–H and O–H groups in total. The second-order valence-corrected chi connectivity index (χ2v) is 5.77. The second kappa shape index (κ2) is 6.87. The second-order valence-electron chi connectivity index (χ2n) is 4.99. The molecule has 5 heteroatoms. The fourth-order valence-corrected chi connectivity index (χ4v) is 2.12. The molecule has 0 aromatic carbocycles. The fourth-order valence-electron chi connectivity index (χ4n) is 1.41. The van der Waals surface area contributed by atoms with E-state index in [2.05, 4.69) is 10.6 Å². The van der Waals surface area contributed by atoms with Gasteiger partial charge in [-0.15, -0.1) is 0 Å². The Morgan fingerprint density at radius 2 is 2.28 bits per heavy atom. The summed E-state index contributed by atoms with van der Waals surface area (Å²) in [6.45, 7) is 6.63. The summed E-state index contributed by atoms with van der Waals surface area (Å²) in [5.74, 6) is -0.0423. The molecule has 0 aliphatic heterocycles. The van der Waals surface area contributed by atoms with Crippen LogP contribution in [0.1, 0.15) is 38.9 Å². The molecule has 0 saturated heterocycles. The average molecular weight is 270 g/mol. The number of aliphatic hydroxyl groups is 1. The maximum absolute atomic E-state index is 11.6. The molecule has 1 aromatic rings. The zero-order valence-corrected chi connectivity index (χ0v) is 12.0. The van der Waals surface area contributed by atoms with E-state index in [9.17, 15) is 9.90 Å². The highest BCUT2D eigenvalue weighted by atomic mass is 32.1. The van der Waals surface area contributed by atoms with Crippen LogP contribution in [0.2, 0.25) is 0 Å². The Hall–Kier alpha value is -0.910. The lowest BCUT2D eigenvalue weighted by Crippen LogP contribution is -2.46. The monoisotopic (exact) mass is 270 g/mol. The van der Waals surface area contributed by atoms with Crippen LogP contribution < -0.4 is 10.6 Å². The highest BCUT2D eigenvalue weighted by molar-refractivity contribution is 7.07. The minimum absolute atomic E-state index is 0.0423. The van der Waals surface area contributed by atoms with Gasteiger partial charge in [-0.25, -0.2) is 0 Å². The van der Waals surface area contributed by atoms with Crippen LogP contribution in [0.3, 0.4) is 0 Å². The topological polar surface area (TPSA) is 61.4 Å². The summed E-state index contributed by atoms with van der Waals surface area (Å²) in [6.07, 6.45) is 0.333. The van der Waals surface area contributed by atoms with Gasteiger partial charge in [0, 0.05) is 12.1 Å². The van der Waals surface area contributed by atoms with Crippen molar-refractivity contribution in [2.24, 2.45) is 0 Å². The average Bonchev–Trinajstić information content (AvgIpc) is 2.81. The van der Waals surface area contributed by atoms with Gasteiger partial charge < -0.3 is 15.7 Å². The molecule has 1 heterocycles. The molecule has 0 bridgehead atoms. The van der Waals surface area contributed by atoms with Gasteiger partial charge in [0.25, 0.3) is 0 Å². The summed E-state index contributed by atoms with van der Waals surface area (Å²) in [7, 11) is 0. The van der Waals surface area contributed by atoms with Gasteiger partial charge in [-0.3, -0.25) is 4.79 Å². The van der Waals surface area contributed by atoms with Gasteiger partial charge in [-0.1, -0.05) is 6.92 Å². The molecule has 18 heavy (non-hydrogen) atoms. The Labute approximate surface area is 112 Å². The van der Waals surface area contributed by atoms with Crippen LogP contribution in [0, 0.1) is 0 Å². The third kappa shape index (κ3) is 5.16. The molecule has 0 fully saturated rings. The number of hydrogen-bond acceptors (Lipinski definition) is 4. The summed E-state index contributed by atoms with van der Waals surface area (Å²) in [5.41, 5.74) is 0.715. The van der Waals surface area contributed by atoms with E-state index in [4.69, 9.17) is 0 Å². The normalized spacial score (nSPS) is 13.3. The maximum Gasteiger partial charge on any atom is 0.234 e. The number of thiophene rings is 1. The molecule has 0 radical (unpaired) electrons. The van der Waals surface area contributed by atoms with Crippen LogP contribution >= 0.6 is 11.3 Å². The smallest absolute Gasteiger partial charge is 0.234 e. The first kappa shape index (κ1) is 15.1. The molecular weight excluding hydrogens is 248 g/mol. The lowest BCUT2D eigenvalue weighted by atomic mass is 10.0. The predicted molar refractivity (Wildman–Crippen MR) is 74.7 cm³/mol. The Morgan fingerprint density at radius 1 is 1.56 bits per heavy atom. The molecule has 0 spiro atoms. The van der Waals surface area contributed by atoms with Crippen molar-refractivity contribution < 1.29 is 9.90 Å². The third-order valence-corrected chi connectivity index (χ3v) is 3.61. The van der Waals surface area contributed by atoms with Crippen molar-refractivity contribution in [2.45, 2.75) is 38.8 Å². The highest BCUT2D eigenvalue weighted by Crippen LogP contribution is 2.14. The van der Waals surface area contributed by atoms with Gasteiger partial charge in [0.2, 0.25) is 5.91 Å². The number of nitrogens with one attached hydrogen (secondary N) is 2. The van der Waals surface area contributed by atoms with E-state index in [1.54, 1.807) is 11.3 Å². The highest BCUT2D eigenvalue weighted by Gasteiger charge is 2.17. The number of rotatable bonds is 7. The first-order chi connectivity index (χ1) is 8.44. The minimum atomic E-state index is -0.553. The van der Waals surface area contributed by atoms with Gasteiger partial charge >= 0.3 is 0 Å². The quantitative estimate of drug-likeness (QED) is 0.706. The van der Waals surface area contributed by atoms with Crippen LogP contribution in [0.25, 0.3) is 0 Å². The van der Waals surface area contributed by atoms with Gasteiger partial charge in [0.15, 0.2) is 0 Å². The molecule has 102 valence electrons. The molecule has 1 atom stereocenters. The number of hydrogen-bond donors (Lipinski definition) is 3. The van der Waals surface area contributed by atoms with E-state index in [0.29, 0.717) is 6.54 Å². The summed E-state index contributed by atoms with van der Waals surface area (Å²) in [5, 5.41) is 19.5. The predicted octanol–water partition coefficient (Wildman–Crippen LogP) is 1.68. The van der Waals surface area contributed by atoms with Gasteiger partial charge in [0.1, 0.15) is 0 Å². The van der Waals surface area contributed by atoms with Crippen molar-refractivity contribution in [1.82, 2.24) is 10.6 Å². The van der Waals surface area contributed by atoms with Crippen molar-refractivity contribution in [1.29, 1.82) is 0 Å². The van der Waals surface area contributed by atoms with Crippen LogP contribution in [0.15, 0.2) is 16.8 Å². The van der Waals surface area contributed by atoms with Gasteiger partial charge in [-0.2, -0.15) is 11.3 Å². The first-order valence-corrected chi connectivity index (χ1v) is 7.11. The molecule has 1 aromatic heterocycles. The Bertz CT molecular complexity index is 363. The lowest BCUT2D eigenvalue weighted by Gasteiger charge is -2.24. The Balaban J connectivity index is 2.24. The van der Waals surface area contributed by atoms with E-state index in [-0.39, 0.29) is 18.0 Å². The van der Waals surface area contributed by atoms with Crippen molar-refractivity contribution in [3.05, 3.63) is 22.4 Å². The van der Waals surface area contributed by atoms with Gasteiger partial charge in [0.05, 0.1) is 12.6 Å². The van der Waals surface area contributed by atoms with Crippen molar-refractivity contribution in [2.75, 3.05) is 13.1 Å². The molecule has 1 rings (SSSR count). The summed E-state index contributed by atoms with van der Waals surface area (Å²) in [4.78, 5) is 11.6. The zero-order valence-electron chi connectivity index (χ0n) is 11.2. The van der Waals surface area contributed by atoms with E-state index in [0.717, 1.165) is 12.0 Å². The van der Waals surface area contributed by atoms with Crippen LogP contribution in [0.5, 0.6) is 0 Å². The van der Waals surface area contributed by atoms with Crippen LogP contribution in [-0.4, -0.2) is 29.6 Å². The van der Waals surface area contributed by atoms with Gasteiger partial charge in [-0.05, 0) is 42.7 Å². The molecular formula is C13H22N2O2S. The van der Waals surface area contributed by atoms with Crippen molar-refractivity contribution >= 4 is 17.2 Å². The zero-order chi connectivity index (χ0) is 13.6. The summed E-state index contributed by atoms with van der Waals surface area (Å²) in [6, 6.07) is 1.89. The minimum Gasteiger partial charge on any atom is -0.387 e. The molecule has 0 saturated carbocycles. The lowest BCUT2D eigenvalue weighted by molar-refractivity contribution is -0.121. The number of aliphatic hydroxyl groups excluding tert-OH is 1. The largest absolute Gasteiger partial charge is 0.387 e. The van der Waals surface area contributed by atoms with E-state index in [1.807, 2.05) is 37.6 Å². The molecule has 4 nitrogen and oxygen atoms in total.